The van der Waals surface area contributed by atoms with Gasteiger partial charge in [0.1, 0.15) is 11.3 Å². The van der Waals surface area contributed by atoms with E-state index in [-0.39, 0.29) is 18.0 Å². The second-order valence-electron chi connectivity index (χ2n) is 8.68. The number of amides is 1. The number of hydrogen-bond donors (Lipinski definition) is 1. The van der Waals surface area contributed by atoms with Crippen molar-refractivity contribution in [3.8, 4) is 0 Å². The maximum absolute atomic E-state index is 13.6. The summed E-state index contributed by atoms with van der Waals surface area (Å²) in [6.07, 6.45) is -0.325. The van der Waals surface area contributed by atoms with Gasteiger partial charge in [0.2, 0.25) is 0 Å². The molecule has 33 heavy (non-hydrogen) atoms. The summed E-state index contributed by atoms with van der Waals surface area (Å²) in [5.41, 5.74) is 7.09. The van der Waals surface area contributed by atoms with Crippen LogP contribution in [0.15, 0.2) is 42.7 Å². The van der Waals surface area contributed by atoms with E-state index in [2.05, 4.69) is 15.1 Å². The maximum atomic E-state index is 13.6. The zero-order valence-electron chi connectivity index (χ0n) is 18.0. The zero-order chi connectivity index (χ0) is 23.5. The molecule has 0 aliphatic heterocycles. The number of hydrogen-bond acceptors (Lipinski definition) is 5. The van der Waals surface area contributed by atoms with Gasteiger partial charge in [0.25, 0.3) is 5.91 Å². The zero-order valence-corrected chi connectivity index (χ0v) is 18.0. The lowest BCUT2D eigenvalue weighted by atomic mass is 10.1. The summed E-state index contributed by atoms with van der Waals surface area (Å²) in [6, 6.07) is 7.52. The van der Waals surface area contributed by atoms with E-state index in [1.807, 2.05) is 6.92 Å². The minimum atomic E-state index is -4.45. The van der Waals surface area contributed by atoms with Crippen LogP contribution in [0.3, 0.4) is 0 Å². The number of halogens is 3. The van der Waals surface area contributed by atoms with Crippen LogP contribution in [0.5, 0.6) is 0 Å². The van der Waals surface area contributed by atoms with Crippen LogP contribution in [-0.2, 0) is 19.8 Å². The normalized spacial score (nSPS) is 15.2. The molecule has 1 amide bonds. The molecule has 1 aromatic carbocycles. The average molecular weight is 454 g/mol. The Balaban J connectivity index is 1.51. The third kappa shape index (κ3) is 3.65. The summed E-state index contributed by atoms with van der Waals surface area (Å²) in [5, 5.41) is 5.81. The second-order valence-corrected chi connectivity index (χ2v) is 8.68. The fourth-order valence-corrected chi connectivity index (χ4v) is 4.07. The molecule has 0 saturated heterocycles. The van der Waals surface area contributed by atoms with Crippen LogP contribution in [0.4, 0.5) is 19.0 Å². The van der Waals surface area contributed by atoms with Crippen molar-refractivity contribution < 1.29 is 18.0 Å². The number of nitrogens with two attached hydrogens (primary N) is 1. The van der Waals surface area contributed by atoms with Crippen molar-refractivity contribution in [3.05, 3.63) is 59.5 Å². The largest absolute Gasteiger partial charge is 0.417 e. The quantitative estimate of drug-likeness (QED) is 0.496. The van der Waals surface area contributed by atoms with Crippen molar-refractivity contribution in [1.82, 2.24) is 24.6 Å². The van der Waals surface area contributed by atoms with Crippen molar-refractivity contribution in [3.63, 3.8) is 0 Å². The van der Waals surface area contributed by atoms with Crippen molar-refractivity contribution in [2.75, 3.05) is 5.73 Å². The molecule has 1 aliphatic rings. The van der Waals surface area contributed by atoms with Crippen molar-refractivity contribution in [1.29, 1.82) is 0 Å². The molecule has 0 radical (unpaired) electrons. The molecule has 170 valence electrons. The molecule has 0 spiro atoms. The Kier molecular flexibility index (Phi) is 4.59. The van der Waals surface area contributed by atoms with Gasteiger partial charge in [0.05, 0.1) is 29.5 Å². The monoisotopic (exact) mass is 454 g/mol. The molecule has 0 unspecified atom stereocenters. The van der Waals surface area contributed by atoms with Gasteiger partial charge in [-0.05, 0) is 50.1 Å². The van der Waals surface area contributed by atoms with E-state index < -0.39 is 11.7 Å². The lowest BCUT2D eigenvalue weighted by molar-refractivity contribution is -0.137. The molecule has 0 atom stereocenters. The molecule has 3 heterocycles. The Morgan fingerprint density at radius 2 is 1.94 bits per heavy atom. The molecule has 4 aromatic rings. The van der Waals surface area contributed by atoms with Crippen LogP contribution in [0.25, 0.3) is 21.8 Å². The summed E-state index contributed by atoms with van der Waals surface area (Å²) in [5.74, 6) is 0.143. The molecule has 5 rings (SSSR count). The molecular weight excluding hydrogens is 433 g/mol. The van der Waals surface area contributed by atoms with E-state index in [0.29, 0.717) is 28.1 Å². The van der Waals surface area contributed by atoms with E-state index in [1.54, 1.807) is 41.0 Å². The number of benzene rings is 1. The van der Waals surface area contributed by atoms with Crippen molar-refractivity contribution >= 4 is 33.5 Å². The molecule has 10 heteroatoms. The first kappa shape index (κ1) is 21.2. The Bertz CT molecular complexity index is 1390. The number of rotatable bonds is 4. The van der Waals surface area contributed by atoms with E-state index in [9.17, 15) is 18.0 Å². The van der Waals surface area contributed by atoms with Gasteiger partial charge in [-0.1, -0.05) is 0 Å². The van der Waals surface area contributed by atoms with Crippen LogP contribution in [0.1, 0.15) is 41.4 Å². The minimum Gasteiger partial charge on any atom is -0.382 e. The third-order valence-electron chi connectivity index (χ3n) is 6.30. The highest BCUT2D eigenvalue weighted by atomic mass is 19.4. The molecule has 1 aliphatic carbocycles. The van der Waals surface area contributed by atoms with E-state index in [4.69, 9.17) is 5.73 Å². The lowest BCUT2D eigenvalue weighted by Crippen LogP contribution is -2.40. The smallest absolute Gasteiger partial charge is 0.382 e. The minimum absolute atomic E-state index is 0.119. The highest BCUT2D eigenvalue weighted by Gasteiger charge is 2.46. The first-order valence-corrected chi connectivity index (χ1v) is 10.4. The number of aryl methyl sites for hydroxylation is 1. The summed E-state index contributed by atoms with van der Waals surface area (Å²) in [6.45, 7) is 2.09. The predicted molar refractivity (Wildman–Crippen MR) is 117 cm³/mol. The number of aromatic nitrogens is 4. The van der Waals surface area contributed by atoms with E-state index in [0.717, 1.165) is 35.9 Å². The van der Waals surface area contributed by atoms with Crippen molar-refractivity contribution in [2.45, 2.75) is 38.0 Å². The van der Waals surface area contributed by atoms with Gasteiger partial charge < -0.3 is 10.6 Å². The fourth-order valence-electron chi connectivity index (χ4n) is 4.07. The average Bonchev–Trinajstić information content (AvgIpc) is 3.39. The topological polar surface area (TPSA) is 89.9 Å². The number of alkyl halides is 3. The number of nitrogen functional groups attached to an aromatic ring is 1. The van der Waals surface area contributed by atoms with Crippen molar-refractivity contribution in [2.24, 2.45) is 7.05 Å². The number of carbonyl (C=O) groups is 1. The van der Waals surface area contributed by atoms with Gasteiger partial charge in [0.15, 0.2) is 0 Å². The molecule has 0 bridgehead atoms. The van der Waals surface area contributed by atoms with Crippen LogP contribution >= 0.6 is 0 Å². The molecule has 1 fully saturated rings. The van der Waals surface area contributed by atoms with Gasteiger partial charge in [-0.2, -0.15) is 18.3 Å². The highest BCUT2D eigenvalue weighted by Crippen LogP contribution is 2.43. The van der Waals surface area contributed by atoms with E-state index in [1.165, 1.54) is 6.07 Å². The van der Waals surface area contributed by atoms with Crippen LogP contribution in [0, 0.1) is 0 Å². The first-order valence-electron chi connectivity index (χ1n) is 10.4. The van der Waals surface area contributed by atoms with Gasteiger partial charge in [-0.25, -0.2) is 4.98 Å². The summed E-state index contributed by atoms with van der Waals surface area (Å²) in [4.78, 5) is 23.6. The maximum Gasteiger partial charge on any atom is 0.417 e. The van der Waals surface area contributed by atoms with Crippen LogP contribution in [-0.4, -0.2) is 36.1 Å². The molecular formula is C23H21F3N6O. The van der Waals surface area contributed by atoms with Gasteiger partial charge in [-0.3, -0.25) is 14.5 Å². The third-order valence-corrected chi connectivity index (χ3v) is 6.30. The Morgan fingerprint density at radius 3 is 2.58 bits per heavy atom. The molecule has 3 aromatic heterocycles. The summed E-state index contributed by atoms with van der Waals surface area (Å²) in [7, 11) is 1.77. The van der Waals surface area contributed by atoms with Crippen LogP contribution in [0.2, 0.25) is 0 Å². The van der Waals surface area contributed by atoms with E-state index >= 15 is 0 Å². The van der Waals surface area contributed by atoms with Crippen LogP contribution < -0.4 is 5.73 Å². The standard InChI is InChI=1S/C23H21F3N6O/c1-22(7-8-22)32(12-15-5-4-14(10-28-15)23(24,25)26)21(33)13-3-6-18-16(9-13)17-11-29-31(2)19(17)20(27)30-18/h3-6,9-11H,7-8,12H2,1-2H3,(H2,27,30). The van der Waals surface area contributed by atoms with Gasteiger partial charge in [0, 0.05) is 35.1 Å². The molecule has 2 N–H and O–H groups in total. The number of nitrogens with zero attached hydrogens (tertiary/aromatic N) is 5. The lowest BCUT2D eigenvalue weighted by Gasteiger charge is -2.29. The summed E-state index contributed by atoms with van der Waals surface area (Å²) >= 11 is 0. The number of anilines is 1. The predicted octanol–water partition coefficient (Wildman–Crippen LogP) is 4.31. The Hall–Kier alpha value is -3.69. The first-order chi connectivity index (χ1) is 15.6. The number of fused-ring (bicyclic) bond motifs is 3. The van der Waals surface area contributed by atoms with Gasteiger partial charge in [-0.15, -0.1) is 0 Å². The van der Waals surface area contributed by atoms with Gasteiger partial charge >= 0.3 is 6.18 Å². The Morgan fingerprint density at radius 1 is 1.18 bits per heavy atom. The number of pyridine rings is 2. The number of carbonyl (C=O) groups excluding carboxylic acids is 1. The molecule has 7 nitrogen and oxygen atoms in total. The highest BCUT2D eigenvalue weighted by molar-refractivity contribution is 6.10. The molecule has 1 saturated carbocycles. The second kappa shape index (κ2) is 7.16. The fraction of sp³-hybridized carbons (Fsp3) is 0.304. The Labute approximate surface area is 187 Å². The summed E-state index contributed by atoms with van der Waals surface area (Å²) < 4.78 is 40.3. The SMILES string of the molecule is Cn1ncc2c3cc(C(=O)N(Cc4ccc(C(F)(F)F)cn4)C4(C)CC4)ccc3nc(N)c21.